The summed E-state index contributed by atoms with van der Waals surface area (Å²) in [5.74, 6) is -0.603. The summed E-state index contributed by atoms with van der Waals surface area (Å²) in [4.78, 5) is 11.1. The van der Waals surface area contributed by atoms with Crippen molar-refractivity contribution in [2.45, 2.75) is 6.61 Å². The molecular formula is C10H13NO4S. The summed E-state index contributed by atoms with van der Waals surface area (Å²) in [7, 11) is -3.35. The Morgan fingerprint density at radius 2 is 1.94 bits per heavy atom. The van der Waals surface area contributed by atoms with Crippen LogP contribution in [0, 0.1) is 0 Å². The molecule has 0 radical (unpaired) electrons. The van der Waals surface area contributed by atoms with Gasteiger partial charge in [0.05, 0.1) is 6.26 Å². The number of rotatable bonds is 5. The van der Waals surface area contributed by atoms with E-state index in [0.29, 0.717) is 0 Å². The molecule has 16 heavy (non-hydrogen) atoms. The largest absolute Gasteiger partial charge is 0.460 e. The van der Waals surface area contributed by atoms with E-state index in [4.69, 9.17) is 4.74 Å². The molecule has 0 fully saturated rings. The second-order valence-electron chi connectivity index (χ2n) is 3.24. The van der Waals surface area contributed by atoms with E-state index in [2.05, 4.69) is 4.72 Å². The van der Waals surface area contributed by atoms with Crippen molar-refractivity contribution in [1.82, 2.24) is 4.72 Å². The normalized spacial score (nSPS) is 11.1. The predicted molar refractivity (Wildman–Crippen MR) is 59.1 cm³/mol. The molecule has 6 heteroatoms. The molecule has 0 spiro atoms. The molecule has 5 nitrogen and oxygen atoms in total. The van der Waals surface area contributed by atoms with Gasteiger partial charge < -0.3 is 4.74 Å². The summed E-state index contributed by atoms with van der Waals surface area (Å²) in [6.45, 7) is -0.198. The zero-order chi connectivity index (χ0) is 12.0. The highest BCUT2D eigenvalue weighted by Crippen LogP contribution is 2.00. The summed E-state index contributed by atoms with van der Waals surface area (Å²) in [6, 6.07) is 9.15. The van der Waals surface area contributed by atoms with Crippen LogP contribution in [0.2, 0.25) is 0 Å². The average Bonchev–Trinajstić information content (AvgIpc) is 2.24. The van der Waals surface area contributed by atoms with Crippen molar-refractivity contribution >= 4 is 16.0 Å². The third-order valence-electron chi connectivity index (χ3n) is 1.72. The summed E-state index contributed by atoms with van der Waals surface area (Å²) in [6.07, 6.45) is 0.984. The first-order chi connectivity index (χ1) is 7.47. The van der Waals surface area contributed by atoms with Crippen LogP contribution in [0.5, 0.6) is 0 Å². The Bertz CT molecular complexity index is 441. The van der Waals surface area contributed by atoms with E-state index in [0.717, 1.165) is 11.8 Å². The van der Waals surface area contributed by atoms with Gasteiger partial charge in [0.15, 0.2) is 0 Å². The van der Waals surface area contributed by atoms with E-state index in [1.807, 2.05) is 30.3 Å². The van der Waals surface area contributed by atoms with Gasteiger partial charge in [-0.3, -0.25) is 4.79 Å². The fraction of sp³-hybridized carbons (Fsp3) is 0.300. The standard InChI is InChI=1S/C10H13NO4S/c1-16(13,14)11-7-10(12)15-8-9-5-3-2-4-6-9/h2-6,11H,7-8H2,1H3. The third-order valence-corrected chi connectivity index (χ3v) is 2.39. The Hall–Kier alpha value is -1.40. The fourth-order valence-electron chi connectivity index (χ4n) is 0.979. The Morgan fingerprint density at radius 3 is 2.50 bits per heavy atom. The molecular weight excluding hydrogens is 230 g/mol. The van der Waals surface area contributed by atoms with E-state index >= 15 is 0 Å². The third kappa shape index (κ3) is 5.47. The van der Waals surface area contributed by atoms with E-state index in [1.165, 1.54) is 0 Å². The summed E-state index contributed by atoms with van der Waals surface area (Å²) in [5, 5.41) is 0. The van der Waals surface area contributed by atoms with Gasteiger partial charge in [-0.25, -0.2) is 13.1 Å². The zero-order valence-electron chi connectivity index (χ0n) is 8.84. The van der Waals surface area contributed by atoms with Crippen molar-refractivity contribution in [2.75, 3.05) is 12.8 Å². The van der Waals surface area contributed by atoms with Crippen molar-refractivity contribution in [1.29, 1.82) is 0 Å². The maximum Gasteiger partial charge on any atom is 0.321 e. The molecule has 88 valence electrons. The molecule has 0 aliphatic rings. The van der Waals surface area contributed by atoms with Gasteiger partial charge in [-0.1, -0.05) is 30.3 Å². The van der Waals surface area contributed by atoms with E-state index in [1.54, 1.807) is 0 Å². The minimum atomic E-state index is -3.35. The number of hydrogen-bond donors (Lipinski definition) is 1. The van der Waals surface area contributed by atoms with Gasteiger partial charge in [0.25, 0.3) is 0 Å². The molecule has 1 aromatic rings. The molecule has 1 rings (SSSR count). The van der Waals surface area contributed by atoms with Crippen LogP contribution in [0.3, 0.4) is 0 Å². The van der Waals surface area contributed by atoms with Crippen LogP contribution in [0.15, 0.2) is 30.3 Å². The SMILES string of the molecule is CS(=O)(=O)NCC(=O)OCc1ccccc1. The topological polar surface area (TPSA) is 72.5 Å². The molecule has 0 atom stereocenters. The van der Waals surface area contributed by atoms with Crippen LogP contribution in [0.25, 0.3) is 0 Å². The summed E-state index contributed by atoms with van der Waals surface area (Å²) in [5.41, 5.74) is 0.857. The molecule has 0 saturated heterocycles. The van der Waals surface area contributed by atoms with E-state index in [9.17, 15) is 13.2 Å². The minimum absolute atomic E-state index is 0.144. The van der Waals surface area contributed by atoms with Crippen LogP contribution in [0.1, 0.15) is 5.56 Å². The van der Waals surface area contributed by atoms with Gasteiger partial charge in [-0.15, -0.1) is 0 Å². The minimum Gasteiger partial charge on any atom is -0.460 e. The Morgan fingerprint density at radius 1 is 1.31 bits per heavy atom. The van der Waals surface area contributed by atoms with Crippen molar-refractivity contribution in [3.63, 3.8) is 0 Å². The number of benzene rings is 1. The zero-order valence-corrected chi connectivity index (χ0v) is 9.66. The van der Waals surface area contributed by atoms with Crippen LogP contribution in [-0.2, 0) is 26.2 Å². The lowest BCUT2D eigenvalue weighted by atomic mass is 10.2. The summed E-state index contributed by atoms with van der Waals surface area (Å²) < 4.78 is 28.3. The maximum atomic E-state index is 11.1. The fourth-order valence-corrected chi connectivity index (χ4v) is 1.36. The van der Waals surface area contributed by atoms with E-state index in [-0.39, 0.29) is 13.2 Å². The van der Waals surface area contributed by atoms with Crippen LogP contribution >= 0.6 is 0 Å². The first-order valence-electron chi connectivity index (χ1n) is 4.61. The molecule has 0 unspecified atom stereocenters. The number of carbonyl (C=O) groups is 1. The molecule has 0 saturated carbocycles. The quantitative estimate of drug-likeness (QED) is 0.754. The molecule has 0 aliphatic carbocycles. The lowest BCUT2D eigenvalue weighted by Crippen LogP contribution is -2.29. The molecule has 0 heterocycles. The number of esters is 1. The van der Waals surface area contributed by atoms with Gasteiger partial charge in [0.2, 0.25) is 10.0 Å². The number of ether oxygens (including phenoxy) is 1. The highest BCUT2D eigenvalue weighted by Gasteiger charge is 2.07. The molecule has 0 aromatic heterocycles. The van der Waals surface area contributed by atoms with Crippen molar-refractivity contribution < 1.29 is 17.9 Å². The van der Waals surface area contributed by atoms with E-state index < -0.39 is 16.0 Å². The lowest BCUT2D eigenvalue weighted by molar-refractivity contribution is -0.143. The maximum absolute atomic E-state index is 11.1. The van der Waals surface area contributed by atoms with Gasteiger partial charge in [-0.2, -0.15) is 0 Å². The Kier molecular flexibility index (Phi) is 4.45. The van der Waals surface area contributed by atoms with Gasteiger partial charge in [0.1, 0.15) is 13.2 Å². The molecule has 0 amide bonds. The van der Waals surface area contributed by atoms with Gasteiger partial charge >= 0.3 is 5.97 Å². The number of hydrogen-bond acceptors (Lipinski definition) is 4. The van der Waals surface area contributed by atoms with Gasteiger partial charge in [-0.05, 0) is 5.56 Å². The first kappa shape index (κ1) is 12.7. The van der Waals surface area contributed by atoms with Crippen LogP contribution in [0.4, 0.5) is 0 Å². The Labute approximate surface area is 94.5 Å². The van der Waals surface area contributed by atoms with Crippen LogP contribution in [-0.4, -0.2) is 27.2 Å². The predicted octanol–water partition coefficient (Wildman–Crippen LogP) is 0.279. The second kappa shape index (κ2) is 5.62. The van der Waals surface area contributed by atoms with Crippen molar-refractivity contribution in [3.05, 3.63) is 35.9 Å². The van der Waals surface area contributed by atoms with Crippen molar-refractivity contribution in [3.8, 4) is 0 Å². The second-order valence-corrected chi connectivity index (χ2v) is 5.07. The average molecular weight is 243 g/mol. The Balaban J connectivity index is 2.31. The summed E-state index contributed by atoms with van der Waals surface area (Å²) >= 11 is 0. The highest BCUT2D eigenvalue weighted by atomic mass is 32.2. The molecule has 0 bridgehead atoms. The van der Waals surface area contributed by atoms with Crippen LogP contribution < -0.4 is 4.72 Å². The molecule has 1 aromatic carbocycles. The van der Waals surface area contributed by atoms with Gasteiger partial charge in [0, 0.05) is 0 Å². The monoisotopic (exact) mass is 243 g/mol. The molecule has 0 aliphatic heterocycles. The smallest absolute Gasteiger partial charge is 0.321 e. The number of carbonyl (C=O) groups excluding carboxylic acids is 1. The van der Waals surface area contributed by atoms with Crippen molar-refractivity contribution in [2.24, 2.45) is 0 Å². The highest BCUT2D eigenvalue weighted by molar-refractivity contribution is 7.88. The lowest BCUT2D eigenvalue weighted by Gasteiger charge is -2.04. The molecule has 1 N–H and O–H groups in total. The number of sulfonamides is 1. The number of nitrogens with one attached hydrogen (secondary N) is 1. The first-order valence-corrected chi connectivity index (χ1v) is 6.51.